The third-order valence-corrected chi connectivity index (χ3v) is 8.65. The van der Waals surface area contributed by atoms with Gasteiger partial charge in [-0.25, -0.2) is 9.18 Å². The van der Waals surface area contributed by atoms with E-state index in [0.29, 0.717) is 25.9 Å². The van der Waals surface area contributed by atoms with Crippen molar-refractivity contribution in [2.24, 2.45) is 5.92 Å². The Morgan fingerprint density at radius 1 is 0.919 bits per heavy atom. The number of hydrogen-bond donors (Lipinski definition) is 0. The number of ether oxygens (including phenoxy) is 1. The molecule has 1 amide bonds. The Balaban J connectivity index is 1.13. The van der Waals surface area contributed by atoms with Gasteiger partial charge in [-0.15, -0.1) is 0 Å². The van der Waals surface area contributed by atoms with Gasteiger partial charge in [-0.2, -0.15) is 0 Å². The molecule has 5 heteroatoms. The number of nitrogens with zero attached hydrogens (tertiary/aromatic N) is 1. The average Bonchev–Trinajstić information content (AvgIpc) is 3.21. The second-order valence-electron chi connectivity index (χ2n) is 10.8. The van der Waals surface area contributed by atoms with E-state index in [1.807, 2.05) is 36.1 Å². The number of benzene rings is 3. The molecule has 2 atom stereocenters. The molecule has 37 heavy (non-hydrogen) atoms. The highest BCUT2D eigenvalue weighted by Gasteiger charge is 2.44. The second kappa shape index (κ2) is 9.77. The number of piperidine rings is 2. The Hall–Kier alpha value is -3.47. The Morgan fingerprint density at radius 3 is 2.16 bits per heavy atom. The van der Waals surface area contributed by atoms with Crippen molar-refractivity contribution in [1.82, 2.24) is 4.90 Å². The highest BCUT2D eigenvalue weighted by molar-refractivity contribution is 5.84. The summed E-state index contributed by atoms with van der Waals surface area (Å²) in [5.41, 5.74) is 6.53. The van der Waals surface area contributed by atoms with Gasteiger partial charge in [0, 0.05) is 30.3 Å². The molecule has 1 aliphatic carbocycles. The number of carbonyl (C=O) groups is 2. The lowest BCUT2D eigenvalue weighted by Crippen LogP contribution is -2.56. The van der Waals surface area contributed by atoms with Gasteiger partial charge in [0.15, 0.2) is 0 Å². The molecule has 2 saturated heterocycles. The molecular formula is C32H32FNO3. The van der Waals surface area contributed by atoms with Crippen LogP contribution in [-0.2, 0) is 16.0 Å². The van der Waals surface area contributed by atoms with E-state index in [1.54, 1.807) is 6.07 Å². The van der Waals surface area contributed by atoms with Crippen LogP contribution in [0, 0.1) is 18.7 Å². The highest BCUT2D eigenvalue weighted by atomic mass is 19.1. The minimum absolute atomic E-state index is 0.0337. The number of aryl methyl sites for hydroxylation is 1. The van der Waals surface area contributed by atoms with Gasteiger partial charge < -0.3 is 9.64 Å². The zero-order chi connectivity index (χ0) is 25.5. The van der Waals surface area contributed by atoms with Crippen LogP contribution >= 0.6 is 0 Å². The molecule has 0 aromatic heterocycles. The summed E-state index contributed by atoms with van der Waals surface area (Å²) in [4.78, 5) is 28.6. The van der Waals surface area contributed by atoms with Crippen LogP contribution in [0.2, 0.25) is 0 Å². The van der Waals surface area contributed by atoms with Gasteiger partial charge in [0.05, 0.1) is 0 Å². The van der Waals surface area contributed by atoms with Crippen LogP contribution in [0.4, 0.5) is 9.18 Å². The Kier molecular flexibility index (Phi) is 6.31. The molecular weight excluding hydrogens is 465 g/mol. The third kappa shape index (κ3) is 4.45. The lowest BCUT2D eigenvalue weighted by atomic mass is 9.76. The zero-order valence-electron chi connectivity index (χ0n) is 21.2. The van der Waals surface area contributed by atoms with Gasteiger partial charge in [-0.05, 0) is 84.5 Å². The first-order valence-corrected chi connectivity index (χ1v) is 13.4. The molecule has 2 fully saturated rings. The summed E-state index contributed by atoms with van der Waals surface area (Å²) in [5.74, 6) is -0.120. The quantitative estimate of drug-likeness (QED) is 0.388. The second-order valence-corrected chi connectivity index (χ2v) is 10.8. The van der Waals surface area contributed by atoms with Crippen molar-refractivity contribution in [3.05, 3.63) is 94.8 Å². The van der Waals surface area contributed by atoms with Crippen molar-refractivity contribution in [3.8, 4) is 11.1 Å². The van der Waals surface area contributed by atoms with E-state index < -0.39 is 0 Å². The summed E-state index contributed by atoms with van der Waals surface area (Å²) in [6.07, 6.45) is 4.30. The predicted octanol–water partition coefficient (Wildman–Crippen LogP) is 6.83. The van der Waals surface area contributed by atoms with E-state index in [-0.39, 0.29) is 41.6 Å². The lowest BCUT2D eigenvalue weighted by molar-refractivity contribution is -0.126. The molecule has 2 bridgehead atoms. The van der Waals surface area contributed by atoms with Crippen molar-refractivity contribution in [2.45, 2.75) is 63.5 Å². The summed E-state index contributed by atoms with van der Waals surface area (Å²) in [6, 6.07) is 21.4. The summed E-state index contributed by atoms with van der Waals surface area (Å²) in [5, 5.41) is 0. The van der Waals surface area contributed by atoms with Crippen LogP contribution < -0.4 is 0 Å². The number of amides is 1. The van der Waals surface area contributed by atoms with Crippen LogP contribution in [0.15, 0.2) is 66.7 Å². The number of Topliss-reactive ketones (excluding diaryl/α,β-unsaturated/α-hetero) is 1. The van der Waals surface area contributed by atoms with Crippen LogP contribution in [0.3, 0.4) is 0 Å². The monoisotopic (exact) mass is 497 g/mol. The predicted molar refractivity (Wildman–Crippen MR) is 141 cm³/mol. The molecule has 4 nitrogen and oxygen atoms in total. The van der Waals surface area contributed by atoms with Crippen molar-refractivity contribution >= 4 is 11.9 Å². The van der Waals surface area contributed by atoms with Crippen molar-refractivity contribution in [3.63, 3.8) is 0 Å². The summed E-state index contributed by atoms with van der Waals surface area (Å²) < 4.78 is 19.5. The smallest absolute Gasteiger partial charge is 0.410 e. The summed E-state index contributed by atoms with van der Waals surface area (Å²) in [7, 11) is 0. The minimum atomic E-state index is -0.278. The summed E-state index contributed by atoms with van der Waals surface area (Å²) >= 11 is 0. The maximum Gasteiger partial charge on any atom is 0.410 e. The molecule has 3 aromatic carbocycles. The number of ketones is 1. The topological polar surface area (TPSA) is 46.6 Å². The number of carbonyl (C=O) groups excluding carboxylic acids is 2. The first kappa shape index (κ1) is 23.9. The van der Waals surface area contributed by atoms with Crippen LogP contribution in [0.25, 0.3) is 11.1 Å². The molecule has 6 rings (SSSR count). The van der Waals surface area contributed by atoms with Gasteiger partial charge in [0.1, 0.15) is 18.2 Å². The van der Waals surface area contributed by atoms with Crippen LogP contribution in [0.5, 0.6) is 0 Å². The fourth-order valence-electron chi connectivity index (χ4n) is 6.80. The number of fused-ring (bicyclic) bond motifs is 5. The van der Waals surface area contributed by atoms with Gasteiger partial charge in [0.2, 0.25) is 0 Å². The molecule has 0 saturated carbocycles. The highest BCUT2D eigenvalue weighted by Crippen LogP contribution is 2.45. The average molecular weight is 498 g/mol. The normalized spacial score (nSPS) is 22.3. The molecule has 3 aliphatic rings. The third-order valence-electron chi connectivity index (χ3n) is 8.65. The SMILES string of the molecule is Cc1cc(F)ccc1CC(=O)C1CC2CCCC(C1)N2C(=O)OCC1c2ccccc2-c2ccccc21. The standard InChI is InChI=1S/C32H32FNO3/c1-20-15-23(33)14-13-21(20)18-31(35)22-16-24-7-6-8-25(17-22)34(24)32(36)37-19-30-28-11-4-2-9-26(28)27-10-3-5-12-29(27)30/h2-5,9-15,22,24-25,30H,6-8,16-19H2,1H3. The Bertz CT molecular complexity index is 1290. The van der Waals surface area contributed by atoms with Crippen LogP contribution in [-0.4, -0.2) is 35.5 Å². The zero-order valence-corrected chi connectivity index (χ0v) is 21.2. The maximum atomic E-state index is 13.5. The van der Waals surface area contributed by atoms with Crippen molar-refractivity contribution in [2.75, 3.05) is 6.61 Å². The molecule has 0 spiro atoms. The first-order valence-electron chi connectivity index (χ1n) is 13.4. The molecule has 3 aromatic rings. The number of rotatable bonds is 5. The first-order chi connectivity index (χ1) is 18.0. The molecule has 190 valence electrons. The Morgan fingerprint density at radius 2 is 1.54 bits per heavy atom. The van der Waals surface area contributed by atoms with E-state index in [0.717, 1.165) is 30.4 Å². The van der Waals surface area contributed by atoms with E-state index in [9.17, 15) is 14.0 Å². The van der Waals surface area contributed by atoms with Crippen molar-refractivity contribution in [1.29, 1.82) is 0 Å². The minimum Gasteiger partial charge on any atom is -0.448 e. The summed E-state index contributed by atoms with van der Waals surface area (Å²) in [6.45, 7) is 2.16. The number of hydrogen-bond acceptors (Lipinski definition) is 3. The van der Waals surface area contributed by atoms with E-state index in [4.69, 9.17) is 4.74 Å². The van der Waals surface area contributed by atoms with Gasteiger partial charge in [-0.3, -0.25) is 4.79 Å². The van der Waals surface area contributed by atoms with Gasteiger partial charge in [-0.1, -0.05) is 54.6 Å². The van der Waals surface area contributed by atoms with E-state index in [1.165, 1.54) is 34.4 Å². The van der Waals surface area contributed by atoms with E-state index >= 15 is 0 Å². The fourth-order valence-corrected chi connectivity index (χ4v) is 6.80. The largest absolute Gasteiger partial charge is 0.448 e. The molecule has 2 heterocycles. The fraction of sp³-hybridized carbons (Fsp3) is 0.375. The van der Waals surface area contributed by atoms with Crippen LogP contribution in [0.1, 0.15) is 60.3 Å². The van der Waals surface area contributed by atoms with Crippen molar-refractivity contribution < 1.29 is 18.7 Å². The number of halogens is 1. The lowest BCUT2D eigenvalue weighted by Gasteiger charge is -2.47. The van der Waals surface area contributed by atoms with E-state index in [2.05, 4.69) is 24.3 Å². The molecule has 2 aliphatic heterocycles. The molecule has 2 unspecified atom stereocenters. The molecule has 0 N–H and O–H groups in total. The molecule has 0 radical (unpaired) electrons. The van der Waals surface area contributed by atoms with Gasteiger partial charge in [0.25, 0.3) is 0 Å². The maximum absolute atomic E-state index is 13.5. The van der Waals surface area contributed by atoms with Gasteiger partial charge >= 0.3 is 6.09 Å². The Labute approximate surface area is 217 Å².